The van der Waals surface area contributed by atoms with Crippen LogP contribution in [0.5, 0.6) is 0 Å². The second-order valence-electron chi connectivity index (χ2n) is 7.65. The Morgan fingerprint density at radius 2 is 1.75 bits per heavy atom. The van der Waals surface area contributed by atoms with E-state index in [1.807, 2.05) is 15.9 Å². The smallest absolute Gasteiger partial charge is 0.222 e. The molecule has 0 radical (unpaired) electrons. The number of nitrogens with one attached hydrogen (secondary N) is 1. The molecule has 154 valence electrons. The average Bonchev–Trinajstić information content (AvgIpc) is 2.73. The third-order valence-corrected chi connectivity index (χ3v) is 5.79. The monoisotopic (exact) mass is 388 g/mol. The van der Waals surface area contributed by atoms with E-state index in [9.17, 15) is 9.59 Å². The summed E-state index contributed by atoms with van der Waals surface area (Å²) in [6.07, 6.45) is 5.36. The second-order valence-corrected chi connectivity index (χ2v) is 7.65. The number of aromatic nitrogens is 2. The lowest BCUT2D eigenvalue weighted by molar-refractivity contribution is -0.138. The SMILES string of the molecule is CCNc1cc(N2CCC(CCC(=O)N3CCN(C(C)=O)CC3)CC2)ncn1. The van der Waals surface area contributed by atoms with E-state index in [-0.39, 0.29) is 11.8 Å². The molecule has 0 atom stereocenters. The summed E-state index contributed by atoms with van der Waals surface area (Å²) >= 11 is 0. The van der Waals surface area contributed by atoms with Crippen molar-refractivity contribution >= 4 is 23.5 Å². The van der Waals surface area contributed by atoms with Gasteiger partial charge in [0.25, 0.3) is 0 Å². The van der Waals surface area contributed by atoms with E-state index in [1.54, 1.807) is 13.3 Å². The van der Waals surface area contributed by atoms with E-state index in [4.69, 9.17) is 0 Å². The van der Waals surface area contributed by atoms with Crippen LogP contribution in [0.15, 0.2) is 12.4 Å². The van der Waals surface area contributed by atoms with Gasteiger partial charge in [0.05, 0.1) is 0 Å². The van der Waals surface area contributed by atoms with E-state index in [0.29, 0.717) is 38.5 Å². The van der Waals surface area contributed by atoms with Gasteiger partial charge in [-0.25, -0.2) is 9.97 Å². The molecule has 0 spiro atoms. The molecule has 0 saturated carbocycles. The van der Waals surface area contributed by atoms with E-state index >= 15 is 0 Å². The molecule has 8 nitrogen and oxygen atoms in total. The summed E-state index contributed by atoms with van der Waals surface area (Å²) in [7, 11) is 0. The molecule has 1 aromatic heterocycles. The largest absolute Gasteiger partial charge is 0.370 e. The fourth-order valence-electron chi connectivity index (χ4n) is 4.00. The van der Waals surface area contributed by atoms with E-state index in [2.05, 4.69) is 27.1 Å². The predicted molar refractivity (Wildman–Crippen MR) is 109 cm³/mol. The zero-order valence-electron chi connectivity index (χ0n) is 17.1. The second kappa shape index (κ2) is 9.71. The number of nitrogens with zero attached hydrogens (tertiary/aromatic N) is 5. The van der Waals surface area contributed by atoms with Gasteiger partial charge in [-0.1, -0.05) is 0 Å². The van der Waals surface area contributed by atoms with Crippen molar-refractivity contribution in [2.24, 2.45) is 5.92 Å². The Labute approximate surface area is 167 Å². The van der Waals surface area contributed by atoms with Crippen molar-refractivity contribution in [3.05, 3.63) is 12.4 Å². The first kappa shape index (κ1) is 20.4. The van der Waals surface area contributed by atoms with Crippen LogP contribution in [-0.4, -0.2) is 77.4 Å². The molecule has 0 aliphatic carbocycles. The lowest BCUT2D eigenvalue weighted by atomic mass is 9.92. The van der Waals surface area contributed by atoms with E-state index in [1.165, 1.54) is 0 Å². The van der Waals surface area contributed by atoms with Crippen molar-refractivity contribution in [3.8, 4) is 0 Å². The highest BCUT2D eigenvalue weighted by atomic mass is 16.2. The molecule has 1 N–H and O–H groups in total. The molecule has 3 rings (SSSR count). The number of hydrogen-bond acceptors (Lipinski definition) is 6. The van der Waals surface area contributed by atoms with Gasteiger partial charge >= 0.3 is 0 Å². The van der Waals surface area contributed by atoms with Crippen molar-refractivity contribution in [2.75, 3.05) is 56.0 Å². The van der Waals surface area contributed by atoms with Crippen LogP contribution in [0.4, 0.5) is 11.6 Å². The summed E-state index contributed by atoms with van der Waals surface area (Å²) in [5.74, 6) is 2.76. The molecule has 2 fully saturated rings. The van der Waals surface area contributed by atoms with Crippen LogP contribution in [0, 0.1) is 5.92 Å². The number of piperazine rings is 1. The Morgan fingerprint density at radius 1 is 1.07 bits per heavy atom. The van der Waals surface area contributed by atoms with Gasteiger partial charge < -0.3 is 20.0 Å². The molecule has 2 aliphatic heterocycles. The van der Waals surface area contributed by atoms with Gasteiger partial charge in [0, 0.05) is 65.2 Å². The summed E-state index contributed by atoms with van der Waals surface area (Å²) < 4.78 is 0. The molecule has 0 aromatic carbocycles. The molecule has 28 heavy (non-hydrogen) atoms. The van der Waals surface area contributed by atoms with Crippen LogP contribution in [-0.2, 0) is 9.59 Å². The minimum absolute atomic E-state index is 0.0974. The molecule has 2 aliphatic rings. The number of anilines is 2. The molecule has 3 heterocycles. The molecule has 8 heteroatoms. The quantitative estimate of drug-likeness (QED) is 0.797. The van der Waals surface area contributed by atoms with E-state index in [0.717, 1.165) is 50.5 Å². The fraction of sp³-hybridized carbons (Fsp3) is 0.700. The zero-order chi connectivity index (χ0) is 19.9. The highest BCUT2D eigenvalue weighted by Crippen LogP contribution is 2.26. The standard InChI is InChI=1S/C20H32N6O2/c1-3-21-18-14-19(23-15-22-18)25-8-6-17(7-9-25)4-5-20(28)26-12-10-24(11-13-26)16(2)27/h14-15,17H,3-13H2,1-2H3,(H,21,22,23). The van der Waals surface area contributed by atoms with Crippen LogP contribution in [0.2, 0.25) is 0 Å². The van der Waals surface area contributed by atoms with Crippen molar-refractivity contribution in [1.29, 1.82) is 0 Å². The number of piperidine rings is 1. The molecule has 2 amide bonds. The first-order valence-electron chi connectivity index (χ1n) is 10.4. The molecule has 0 unspecified atom stereocenters. The minimum Gasteiger partial charge on any atom is -0.370 e. The van der Waals surface area contributed by atoms with Crippen molar-refractivity contribution in [3.63, 3.8) is 0 Å². The zero-order valence-corrected chi connectivity index (χ0v) is 17.1. The maximum absolute atomic E-state index is 12.5. The lowest BCUT2D eigenvalue weighted by Gasteiger charge is -2.35. The first-order chi connectivity index (χ1) is 13.6. The third kappa shape index (κ3) is 5.33. The number of amides is 2. The summed E-state index contributed by atoms with van der Waals surface area (Å²) in [5, 5.41) is 3.23. The van der Waals surface area contributed by atoms with Crippen LogP contribution in [0.3, 0.4) is 0 Å². The van der Waals surface area contributed by atoms with Gasteiger partial charge in [-0.3, -0.25) is 9.59 Å². The Bertz CT molecular complexity index is 666. The Morgan fingerprint density at radius 3 is 2.39 bits per heavy atom. The highest BCUT2D eigenvalue weighted by Gasteiger charge is 2.25. The Balaban J connectivity index is 1.39. The summed E-state index contributed by atoms with van der Waals surface area (Å²) in [6, 6.07) is 2.01. The van der Waals surface area contributed by atoms with Crippen LogP contribution in [0.1, 0.15) is 39.5 Å². The van der Waals surface area contributed by atoms with Gasteiger partial charge in [0.2, 0.25) is 11.8 Å². The third-order valence-electron chi connectivity index (χ3n) is 5.79. The fourth-order valence-corrected chi connectivity index (χ4v) is 4.00. The van der Waals surface area contributed by atoms with Gasteiger partial charge in [-0.2, -0.15) is 0 Å². The average molecular weight is 389 g/mol. The molecule has 0 bridgehead atoms. The number of hydrogen-bond donors (Lipinski definition) is 1. The van der Waals surface area contributed by atoms with Crippen molar-refractivity contribution in [1.82, 2.24) is 19.8 Å². The van der Waals surface area contributed by atoms with Crippen molar-refractivity contribution < 1.29 is 9.59 Å². The summed E-state index contributed by atoms with van der Waals surface area (Å²) in [5.41, 5.74) is 0. The van der Waals surface area contributed by atoms with Crippen molar-refractivity contribution in [2.45, 2.75) is 39.5 Å². The molecule has 1 aromatic rings. The maximum Gasteiger partial charge on any atom is 0.222 e. The molecular weight excluding hydrogens is 356 g/mol. The van der Waals surface area contributed by atoms with Crippen LogP contribution in [0.25, 0.3) is 0 Å². The number of carbonyl (C=O) groups excluding carboxylic acids is 2. The Hall–Kier alpha value is -2.38. The summed E-state index contributed by atoms with van der Waals surface area (Å²) in [4.78, 5) is 38.6. The first-order valence-corrected chi connectivity index (χ1v) is 10.4. The van der Waals surface area contributed by atoms with Gasteiger partial charge in [-0.05, 0) is 32.1 Å². The topological polar surface area (TPSA) is 81.7 Å². The van der Waals surface area contributed by atoms with Crippen LogP contribution >= 0.6 is 0 Å². The number of carbonyl (C=O) groups is 2. The molecule has 2 saturated heterocycles. The minimum atomic E-state index is 0.0974. The van der Waals surface area contributed by atoms with Gasteiger partial charge in [0.1, 0.15) is 18.0 Å². The predicted octanol–water partition coefficient (Wildman–Crippen LogP) is 1.60. The number of rotatable bonds is 6. The van der Waals surface area contributed by atoms with E-state index < -0.39 is 0 Å². The van der Waals surface area contributed by atoms with Gasteiger partial charge in [0.15, 0.2) is 0 Å². The molecular formula is C20H32N6O2. The summed E-state index contributed by atoms with van der Waals surface area (Å²) in [6.45, 7) is 9.08. The maximum atomic E-state index is 12.5. The van der Waals surface area contributed by atoms with Gasteiger partial charge in [-0.15, -0.1) is 0 Å². The lowest BCUT2D eigenvalue weighted by Crippen LogP contribution is -2.50. The Kier molecular flexibility index (Phi) is 7.06. The van der Waals surface area contributed by atoms with Crippen LogP contribution < -0.4 is 10.2 Å². The highest BCUT2D eigenvalue weighted by molar-refractivity contribution is 5.77. The normalized spacial score (nSPS) is 18.3.